The normalized spacial score (nSPS) is 12.0. The van der Waals surface area contributed by atoms with Crippen LogP contribution in [0.5, 0.6) is 5.88 Å². The quantitative estimate of drug-likeness (QED) is 0.677. The summed E-state index contributed by atoms with van der Waals surface area (Å²) in [6, 6.07) is 10.7. The van der Waals surface area contributed by atoms with Crippen molar-refractivity contribution in [1.82, 2.24) is 30.3 Å². The van der Waals surface area contributed by atoms with Crippen LogP contribution in [0, 0.1) is 5.92 Å². The van der Waals surface area contributed by atoms with Gasteiger partial charge in [-0.2, -0.15) is 5.10 Å². The van der Waals surface area contributed by atoms with Crippen LogP contribution in [0.4, 0.5) is 0 Å². The molecule has 0 bridgehead atoms. The summed E-state index contributed by atoms with van der Waals surface area (Å²) < 4.78 is 6.98. The Morgan fingerprint density at radius 2 is 1.89 bits per heavy atom. The van der Waals surface area contributed by atoms with Crippen LogP contribution in [0.2, 0.25) is 0 Å². The smallest absolute Gasteiger partial charge is 0.251 e. The lowest BCUT2D eigenvalue weighted by Crippen LogP contribution is -2.33. The summed E-state index contributed by atoms with van der Waals surface area (Å²) in [5.41, 5.74) is 2.16. The molecule has 0 radical (unpaired) electrons. The largest absolute Gasteiger partial charge is 0.477 e. The van der Waals surface area contributed by atoms with Crippen LogP contribution in [0.25, 0.3) is 11.3 Å². The first-order chi connectivity index (χ1) is 13.5. The molecule has 0 aliphatic carbocycles. The van der Waals surface area contributed by atoms with Crippen molar-refractivity contribution >= 4 is 5.91 Å². The molecule has 0 fully saturated rings. The van der Waals surface area contributed by atoms with Crippen LogP contribution < -0.4 is 10.1 Å². The number of hydrogen-bond donors (Lipinski definition) is 1. The minimum absolute atomic E-state index is 0.161. The number of carbonyl (C=O) groups is 1. The van der Waals surface area contributed by atoms with Crippen molar-refractivity contribution in [3.8, 4) is 17.1 Å². The van der Waals surface area contributed by atoms with Crippen molar-refractivity contribution in [2.24, 2.45) is 13.0 Å². The fraction of sp³-hybridized carbons (Fsp3) is 0.350. The van der Waals surface area contributed by atoms with Crippen LogP contribution >= 0.6 is 0 Å². The van der Waals surface area contributed by atoms with Gasteiger partial charge in [0, 0.05) is 24.2 Å². The first-order valence-corrected chi connectivity index (χ1v) is 9.21. The van der Waals surface area contributed by atoms with Crippen molar-refractivity contribution in [2.45, 2.75) is 26.8 Å². The topological polar surface area (TPSA) is 94.8 Å². The van der Waals surface area contributed by atoms with E-state index >= 15 is 0 Å². The third kappa shape index (κ3) is 4.33. The molecule has 1 aromatic carbocycles. The third-order valence-electron chi connectivity index (χ3n) is 4.35. The van der Waals surface area contributed by atoms with Crippen molar-refractivity contribution in [2.75, 3.05) is 6.61 Å². The molecule has 0 saturated carbocycles. The highest BCUT2D eigenvalue weighted by Crippen LogP contribution is 2.21. The molecule has 146 valence electrons. The Hall–Kier alpha value is -3.29. The predicted octanol–water partition coefficient (Wildman–Crippen LogP) is 2.80. The first-order valence-electron chi connectivity index (χ1n) is 9.21. The summed E-state index contributed by atoms with van der Waals surface area (Å²) >= 11 is 0. The van der Waals surface area contributed by atoms with Gasteiger partial charge in [-0.15, -0.1) is 10.2 Å². The van der Waals surface area contributed by atoms with Crippen molar-refractivity contribution in [1.29, 1.82) is 0 Å². The molecule has 0 aliphatic rings. The fourth-order valence-electron chi connectivity index (χ4n) is 2.83. The number of nitrogens with one attached hydrogen (secondary N) is 1. The second-order valence-electron chi connectivity index (χ2n) is 6.70. The summed E-state index contributed by atoms with van der Waals surface area (Å²) in [5, 5.41) is 15.3. The van der Waals surface area contributed by atoms with E-state index in [2.05, 4.69) is 25.6 Å². The lowest BCUT2D eigenvalue weighted by atomic mass is 10.0. The van der Waals surface area contributed by atoms with E-state index in [1.165, 1.54) is 6.33 Å². The number of nitrogens with zero attached hydrogens (tertiary/aromatic N) is 5. The molecule has 8 nitrogen and oxygen atoms in total. The van der Waals surface area contributed by atoms with Gasteiger partial charge in [-0.1, -0.05) is 26.0 Å². The third-order valence-corrected chi connectivity index (χ3v) is 4.35. The zero-order valence-electron chi connectivity index (χ0n) is 16.5. The molecule has 3 rings (SSSR count). The minimum atomic E-state index is -0.225. The predicted molar refractivity (Wildman–Crippen MR) is 105 cm³/mol. The monoisotopic (exact) mass is 380 g/mol. The van der Waals surface area contributed by atoms with Gasteiger partial charge in [-0.05, 0) is 31.0 Å². The highest BCUT2D eigenvalue weighted by Gasteiger charge is 2.23. The second-order valence-corrected chi connectivity index (χ2v) is 6.70. The van der Waals surface area contributed by atoms with Gasteiger partial charge in [0.1, 0.15) is 12.2 Å². The van der Waals surface area contributed by atoms with Gasteiger partial charge in [0.2, 0.25) is 5.88 Å². The minimum Gasteiger partial charge on any atom is -0.477 e. The summed E-state index contributed by atoms with van der Waals surface area (Å²) in [4.78, 5) is 17.0. The number of ether oxygens (including phenoxy) is 1. The summed E-state index contributed by atoms with van der Waals surface area (Å²) in [7, 11) is 1.82. The fourth-order valence-corrected chi connectivity index (χ4v) is 2.83. The number of benzene rings is 1. The van der Waals surface area contributed by atoms with Crippen molar-refractivity contribution in [3.05, 3.63) is 54.1 Å². The van der Waals surface area contributed by atoms with Gasteiger partial charge < -0.3 is 10.1 Å². The van der Waals surface area contributed by atoms with E-state index in [9.17, 15) is 4.79 Å². The van der Waals surface area contributed by atoms with Crippen LogP contribution in [-0.2, 0) is 7.05 Å². The lowest BCUT2D eigenvalue weighted by molar-refractivity contribution is 0.0922. The number of rotatable bonds is 7. The maximum Gasteiger partial charge on any atom is 0.251 e. The molecule has 28 heavy (non-hydrogen) atoms. The summed E-state index contributed by atoms with van der Waals surface area (Å²) in [5.74, 6) is 1.23. The van der Waals surface area contributed by atoms with Crippen LogP contribution in [0.1, 0.15) is 43.0 Å². The Morgan fingerprint density at radius 3 is 2.43 bits per heavy atom. The number of hydrogen-bond acceptors (Lipinski definition) is 6. The zero-order valence-corrected chi connectivity index (χ0v) is 16.5. The van der Waals surface area contributed by atoms with Crippen LogP contribution in [0.3, 0.4) is 0 Å². The maximum atomic E-state index is 12.7. The zero-order chi connectivity index (χ0) is 20.1. The van der Waals surface area contributed by atoms with Gasteiger partial charge in [-0.25, -0.2) is 4.98 Å². The number of carbonyl (C=O) groups excluding carboxylic acids is 1. The molecule has 2 aromatic heterocycles. The Balaban J connectivity index is 1.73. The highest BCUT2D eigenvalue weighted by molar-refractivity contribution is 5.94. The Kier molecular flexibility index (Phi) is 5.98. The molecule has 0 saturated heterocycles. The van der Waals surface area contributed by atoms with Gasteiger partial charge >= 0.3 is 0 Å². The summed E-state index contributed by atoms with van der Waals surface area (Å²) in [6.07, 6.45) is 1.49. The molecule has 8 heteroatoms. The van der Waals surface area contributed by atoms with Crippen molar-refractivity contribution in [3.63, 3.8) is 0 Å². The maximum absolute atomic E-state index is 12.7. The Labute approximate surface area is 164 Å². The molecule has 3 aromatic rings. The SMILES string of the molecule is CCOc1ccc(-c2ccc(C(=O)N[C@H](c3ncnn3C)C(C)C)cc2)nn1. The van der Waals surface area contributed by atoms with E-state index in [0.717, 1.165) is 17.1 Å². The number of aromatic nitrogens is 5. The van der Waals surface area contributed by atoms with Crippen molar-refractivity contribution < 1.29 is 9.53 Å². The van der Waals surface area contributed by atoms with E-state index in [0.29, 0.717) is 18.1 Å². The Bertz CT molecular complexity index is 919. The Morgan fingerprint density at radius 1 is 1.14 bits per heavy atom. The molecule has 2 heterocycles. The average molecular weight is 380 g/mol. The molecular weight excluding hydrogens is 356 g/mol. The molecule has 0 spiro atoms. The molecule has 1 atom stereocenters. The second kappa shape index (κ2) is 8.60. The van der Waals surface area contributed by atoms with Gasteiger partial charge in [0.15, 0.2) is 0 Å². The van der Waals surface area contributed by atoms with E-state index in [4.69, 9.17) is 4.74 Å². The summed E-state index contributed by atoms with van der Waals surface area (Å²) in [6.45, 7) is 6.51. The number of aryl methyl sites for hydroxylation is 1. The van der Waals surface area contributed by atoms with Gasteiger partial charge in [0.05, 0.1) is 18.3 Å². The van der Waals surface area contributed by atoms with E-state index < -0.39 is 0 Å². The van der Waals surface area contributed by atoms with Gasteiger partial charge in [0.25, 0.3) is 5.91 Å². The number of amides is 1. The lowest BCUT2D eigenvalue weighted by Gasteiger charge is -2.21. The van der Waals surface area contributed by atoms with E-state index in [1.807, 2.05) is 46.0 Å². The molecule has 1 N–H and O–H groups in total. The molecular formula is C20H24N6O2. The van der Waals surface area contributed by atoms with E-state index in [-0.39, 0.29) is 17.9 Å². The standard InChI is InChI=1S/C20H24N6O2/c1-5-28-17-11-10-16(24-25-17)14-6-8-15(9-7-14)20(27)23-18(13(2)3)19-21-12-22-26(19)4/h6-13,18H,5H2,1-4H3,(H,23,27)/t18-/m0/s1. The first kappa shape index (κ1) is 19.5. The van der Waals surface area contributed by atoms with Crippen LogP contribution in [-0.4, -0.2) is 37.5 Å². The van der Waals surface area contributed by atoms with E-state index in [1.54, 1.807) is 22.9 Å². The molecule has 1 amide bonds. The van der Waals surface area contributed by atoms with Gasteiger partial charge in [-0.3, -0.25) is 9.48 Å². The average Bonchev–Trinajstić information content (AvgIpc) is 3.12. The highest BCUT2D eigenvalue weighted by atomic mass is 16.5. The molecule has 0 unspecified atom stereocenters. The van der Waals surface area contributed by atoms with Crippen LogP contribution in [0.15, 0.2) is 42.7 Å². The molecule has 0 aliphatic heterocycles.